The van der Waals surface area contributed by atoms with Crippen LogP contribution in [0, 0.1) is 6.92 Å². The number of aromatic nitrogens is 2. The number of anilines is 3. The molecule has 0 atom stereocenters. The van der Waals surface area contributed by atoms with E-state index in [2.05, 4.69) is 33.6 Å². The van der Waals surface area contributed by atoms with Crippen LogP contribution in [0.15, 0.2) is 54.9 Å². The Morgan fingerprint density at radius 2 is 1.73 bits per heavy atom. The molecule has 0 saturated carbocycles. The Hall–Kier alpha value is -2.92. The third-order valence-electron chi connectivity index (χ3n) is 4.07. The predicted octanol–water partition coefficient (Wildman–Crippen LogP) is 5.00. The molecule has 2 aromatic carbocycles. The fourth-order valence-electron chi connectivity index (χ4n) is 2.52. The Balaban J connectivity index is 1.73. The molecule has 0 saturated heterocycles. The van der Waals surface area contributed by atoms with Gasteiger partial charge in [-0.25, -0.2) is 9.97 Å². The van der Waals surface area contributed by atoms with E-state index in [0.717, 1.165) is 17.7 Å². The SMILES string of the molecule is CCc1ccccc1Nc1ncc(C(=O)Nc2cccc(Cl)c2C)cn1. The van der Waals surface area contributed by atoms with Gasteiger partial charge in [-0.1, -0.05) is 42.8 Å². The number of carbonyl (C=O) groups is 1. The van der Waals surface area contributed by atoms with Crippen LogP contribution in [-0.4, -0.2) is 15.9 Å². The van der Waals surface area contributed by atoms with Gasteiger partial charge in [-0.2, -0.15) is 0 Å². The number of benzene rings is 2. The summed E-state index contributed by atoms with van der Waals surface area (Å²) in [5, 5.41) is 6.62. The smallest absolute Gasteiger partial charge is 0.258 e. The lowest BCUT2D eigenvalue weighted by Gasteiger charge is -2.11. The number of rotatable bonds is 5. The van der Waals surface area contributed by atoms with Crippen LogP contribution in [0.25, 0.3) is 0 Å². The number of aryl methyl sites for hydroxylation is 1. The Kier molecular flexibility index (Phi) is 5.49. The zero-order valence-corrected chi connectivity index (χ0v) is 15.3. The first kappa shape index (κ1) is 17.9. The topological polar surface area (TPSA) is 66.9 Å². The molecule has 3 aromatic rings. The average Bonchev–Trinajstić information content (AvgIpc) is 2.66. The Morgan fingerprint density at radius 3 is 2.46 bits per heavy atom. The van der Waals surface area contributed by atoms with Crippen molar-refractivity contribution in [2.45, 2.75) is 20.3 Å². The Bertz CT molecular complexity index is 925. The van der Waals surface area contributed by atoms with Crippen LogP contribution in [-0.2, 0) is 6.42 Å². The minimum atomic E-state index is -0.282. The molecule has 6 heteroatoms. The molecule has 5 nitrogen and oxygen atoms in total. The quantitative estimate of drug-likeness (QED) is 0.667. The molecular weight excluding hydrogens is 348 g/mol. The first-order chi connectivity index (χ1) is 12.6. The van der Waals surface area contributed by atoms with E-state index in [1.807, 2.05) is 25.1 Å². The molecule has 0 unspecified atom stereocenters. The van der Waals surface area contributed by atoms with E-state index >= 15 is 0 Å². The summed E-state index contributed by atoms with van der Waals surface area (Å²) in [5.41, 5.74) is 3.99. The van der Waals surface area contributed by atoms with Crippen molar-refractivity contribution in [2.24, 2.45) is 0 Å². The van der Waals surface area contributed by atoms with E-state index in [4.69, 9.17) is 11.6 Å². The maximum atomic E-state index is 12.4. The highest BCUT2D eigenvalue weighted by Crippen LogP contribution is 2.23. The second-order valence-electron chi connectivity index (χ2n) is 5.80. The van der Waals surface area contributed by atoms with Gasteiger partial charge in [-0.3, -0.25) is 4.79 Å². The number of hydrogen-bond acceptors (Lipinski definition) is 4. The van der Waals surface area contributed by atoms with Crippen molar-refractivity contribution >= 4 is 34.8 Å². The molecule has 0 radical (unpaired) electrons. The number of nitrogens with one attached hydrogen (secondary N) is 2. The number of hydrogen-bond donors (Lipinski definition) is 2. The van der Waals surface area contributed by atoms with Crippen LogP contribution in [0.2, 0.25) is 5.02 Å². The number of nitrogens with zero attached hydrogens (tertiary/aromatic N) is 2. The Morgan fingerprint density at radius 1 is 1.04 bits per heavy atom. The fourth-order valence-corrected chi connectivity index (χ4v) is 2.69. The van der Waals surface area contributed by atoms with Gasteiger partial charge >= 0.3 is 0 Å². The molecule has 3 rings (SSSR count). The summed E-state index contributed by atoms with van der Waals surface area (Å²) < 4.78 is 0. The van der Waals surface area contributed by atoms with E-state index in [1.165, 1.54) is 18.0 Å². The van der Waals surface area contributed by atoms with E-state index in [0.29, 0.717) is 22.2 Å². The number of carbonyl (C=O) groups excluding carboxylic acids is 1. The van der Waals surface area contributed by atoms with E-state index in [1.54, 1.807) is 18.2 Å². The lowest BCUT2D eigenvalue weighted by atomic mass is 10.1. The number of halogens is 1. The monoisotopic (exact) mass is 366 g/mol. The molecule has 2 N–H and O–H groups in total. The van der Waals surface area contributed by atoms with Crippen LogP contribution in [0.4, 0.5) is 17.3 Å². The second kappa shape index (κ2) is 7.97. The van der Waals surface area contributed by atoms with Crippen LogP contribution in [0.5, 0.6) is 0 Å². The summed E-state index contributed by atoms with van der Waals surface area (Å²) >= 11 is 6.08. The van der Waals surface area contributed by atoms with Crippen molar-refractivity contribution in [3.63, 3.8) is 0 Å². The summed E-state index contributed by atoms with van der Waals surface area (Å²) in [6, 6.07) is 13.4. The van der Waals surface area contributed by atoms with Gasteiger partial charge in [-0.05, 0) is 42.7 Å². The van der Waals surface area contributed by atoms with Crippen LogP contribution in [0.1, 0.15) is 28.4 Å². The van der Waals surface area contributed by atoms with Crippen molar-refractivity contribution in [3.8, 4) is 0 Å². The van der Waals surface area contributed by atoms with Crippen molar-refractivity contribution in [3.05, 3.63) is 76.6 Å². The normalized spacial score (nSPS) is 10.4. The highest BCUT2D eigenvalue weighted by Gasteiger charge is 2.11. The summed E-state index contributed by atoms with van der Waals surface area (Å²) in [6.07, 6.45) is 3.90. The molecule has 1 aromatic heterocycles. The van der Waals surface area contributed by atoms with Gasteiger partial charge < -0.3 is 10.6 Å². The second-order valence-corrected chi connectivity index (χ2v) is 6.20. The number of amides is 1. The lowest BCUT2D eigenvalue weighted by Crippen LogP contribution is -2.14. The predicted molar refractivity (Wildman–Crippen MR) is 105 cm³/mol. The third kappa shape index (κ3) is 4.00. The molecule has 0 bridgehead atoms. The van der Waals surface area contributed by atoms with Crippen LogP contribution < -0.4 is 10.6 Å². The first-order valence-corrected chi connectivity index (χ1v) is 8.69. The van der Waals surface area contributed by atoms with Crippen molar-refractivity contribution in [1.82, 2.24) is 9.97 Å². The maximum absolute atomic E-state index is 12.4. The van der Waals surface area contributed by atoms with Gasteiger partial charge in [0, 0.05) is 28.8 Å². The molecule has 0 aliphatic heterocycles. The number of para-hydroxylation sites is 1. The van der Waals surface area contributed by atoms with Crippen molar-refractivity contribution < 1.29 is 4.79 Å². The van der Waals surface area contributed by atoms with Gasteiger partial charge in [0.1, 0.15) is 0 Å². The van der Waals surface area contributed by atoms with Gasteiger partial charge in [0.05, 0.1) is 5.56 Å². The van der Waals surface area contributed by atoms with E-state index in [9.17, 15) is 4.79 Å². The molecule has 132 valence electrons. The van der Waals surface area contributed by atoms with Crippen LogP contribution in [0.3, 0.4) is 0 Å². The first-order valence-electron chi connectivity index (χ1n) is 8.32. The summed E-state index contributed by atoms with van der Waals surface area (Å²) in [4.78, 5) is 20.9. The van der Waals surface area contributed by atoms with Gasteiger partial charge in [0.15, 0.2) is 0 Å². The van der Waals surface area contributed by atoms with Gasteiger partial charge in [-0.15, -0.1) is 0 Å². The largest absolute Gasteiger partial charge is 0.324 e. The van der Waals surface area contributed by atoms with Crippen molar-refractivity contribution in [1.29, 1.82) is 0 Å². The molecule has 1 heterocycles. The lowest BCUT2D eigenvalue weighted by molar-refractivity contribution is 0.102. The zero-order valence-electron chi connectivity index (χ0n) is 14.6. The molecular formula is C20H19ClN4O. The standard InChI is InChI=1S/C20H19ClN4O/c1-3-14-7-4-5-9-18(14)25-20-22-11-15(12-23-20)19(26)24-17-10-6-8-16(21)13(17)2/h4-12H,3H2,1-2H3,(H,24,26)(H,22,23,25). The highest BCUT2D eigenvalue weighted by molar-refractivity contribution is 6.31. The van der Waals surface area contributed by atoms with E-state index < -0.39 is 0 Å². The zero-order chi connectivity index (χ0) is 18.5. The molecule has 0 aliphatic rings. The maximum Gasteiger partial charge on any atom is 0.258 e. The molecule has 0 fully saturated rings. The summed E-state index contributed by atoms with van der Waals surface area (Å²) in [5.74, 6) is 0.164. The average molecular weight is 367 g/mol. The molecule has 0 aliphatic carbocycles. The molecule has 0 spiro atoms. The third-order valence-corrected chi connectivity index (χ3v) is 4.48. The summed E-state index contributed by atoms with van der Waals surface area (Å²) in [6.45, 7) is 3.94. The summed E-state index contributed by atoms with van der Waals surface area (Å²) in [7, 11) is 0. The minimum Gasteiger partial charge on any atom is -0.324 e. The molecule has 1 amide bonds. The Labute approximate surface area is 157 Å². The van der Waals surface area contributed by atoms with E-state index in [-0.39, 0.29) is 5.91 Å². The highest BCUT2D eigenvalue weighted by atomic mass is 35.5. The van der Waals surface area contributed by atoms with Gasteiger partial charge in [0.2, 0.25) is 5.95 Å². The van der Waals surface area contributed by atoms with Crippen LogP contribution >= 0.6 is 11.6 Å². The molecule has 26 heavy (non-hydrogen) atoms. The minimum absolute atomic E-state index is 0.282. The van der Waals surface area contributed by atoms with Gasteiger partial charge in [0.25, 0.3) is 5.91 Å². The van der Waals surface area contributed by atoms with Crippen molar-refractivity contribution in [2.75, 3.05) is 10.6 Å². The fraction of sp³-hybridized carbons (Fsp3) is 0.150.